The molecule has 0 aliphatic carbocycles. The third kappa shape index (κ3) is 4.82. The first-order chi connectivity index (χ1) is 14.0. The molecule has 0 N–H and O–H groups in total. The molecule has 148 valence electrons. The molecule has 3 rings (SSSR count). The lowest BCUT2D eigenvalue weighted by molar-refractivity contribution is 0.242. The first-order valence-corrected chi connectivity index (χ1v) is 9.28. The first-order valence-electron chi connectivity index (χ1n) is 9.28. The lowest BCUT2D eigenvalue weighted by Gasteiger charge is -2.12. The normalized spacial score (nSPS) is 10.5. The smallest absolute Gasteiger partial charge is 0.161 e. The van der Waals surface area contributed by atoms with Crippen molar-refractivity contribution in [1.82, 2.24) is 9.97 Å². The van der Waals surface area contributed by atoms with Crippen molar-refractivity contribution in [3.05, 3.63) is 65.6 Å². The van der Waals surface area contributed by atoms with Gasteiger partial charge in [0.15, 0.2) is 11.5 Å². The second kappa shape index (κ2) is 9.07. The lowest BCUT2D eigenvalue weighted by atomic mass is 10.1. The molecule has 0 atom stereocenters. The van der Waals surface area contributed by atoms with Gasteiger partial charge in [0.05, 0.1) is 31.6 Å². The Morgan fingerprint density at radius 3 is 2.41 bits per heavy atom. The predicted octanol–water partition coefficient (Wildman–Crippen LogP) is 4.41. The van der Waals surface area contributed by atoms with Crippen LogP contribution in [-0.4, -0.2) is 30.3 Å². The second-order valence-corrected chi connectivity index (χ2v) is 6.71. The van der Waals surface area contributed by atoms with Crippen molar-refractivity contribution in [2.24, 2.45) is 0 Å². The van der Waals surface area contributed by atoms with Gasteiger partial charge in [0, 0.05) is 18.2 Å². The third-order valence-corrected chi connectivity index (χ3v) is 4.27. The van der Waals surface area contributed by atoms with Crippen molar-refractivity contribution in [2.45, 2.75) is 26.4 Å². The van der Waals surface area contributed by atoms with Crippen LogP contribution in [0.5, 0.6) is 17.2 Å². The van der Waals surface area contributed by atoms with Crippen molar-refractivity contribution in [1.29, 1.82) is 5.26 Å². The lowest BCUT2D eigenvalue weighted by Crippen LogP contribution is -2.06. The van der Waals surface area contributed by atoms with E-state index in [-0.39, 0.29) is 6.10 Å². The summed E-state index contributed by atoms with van der Waals surface area (Å²) in [5.41, 5.74) is 3.09. The molecule has 0 bridgehead atoms. The zero-order valence-electron chi connectivity index (χ0n) is 17.0. The Labute approximate surface area is 170 Å². The van der Waals surface area contributed by atoms with E-state index >= 15 is 0 Å². The van der Waals surface area contributed by atoms with Gasteiger partial charge in [0.25, 0.3) is 0 Å². The van der Waals surface area contributed by atoms with E-state index < -0.39 is 0 Å². The minimum absolute atomic E-state index is 0.0000842. The summed E-state index contributed by atoms with van der Waals surface area (Å²) < 4.78 is 16.3. The fourth-order valence-corrected chi connectivity index (χ4v) is 2.95. The molecule has 1 aromatic heterocycles. The SMILES string of the molecule is COc1ccc(Cc2nccc(-c3ccc(OC(C)C)c(C#N)c3)n2)cc1OC. The molecule has 6 heteroatoms. The summed E-state index contributed by atoms with van der Waals surface area (Å²) in [4.78, 5) is 9.05. The van der Waals surface area contributed by atoms with E-state index in [2.05, 4.69) is 16.0 Å². The van der Waals surface area contributed by atoms with Crippen LogP contribution in [0.3, 0.4) is 0 Å². The monoisotopic (exact) mass is 389 g/mol. The molecule has 1 heterocycles. The summed E-state index contributed by atoms with van der Waals surface area (Å²) in [6.45, 7) is 3.86. The molecule has 3 aromatic rings. The average Bonchev–Trinajstić information content (AvgIpc) is 2.73. The molecule has 0 unspecified atom stereocenters. The van der Waals surface area contributed by atoms with Crippen LogP contribution in [0.4, 0.5) is 0 Å². The molecule has 0 saturated heterocycles. The van der Waals surface area contributed by atoms with Crippen LogP contribution in [0, 0.1) is 11.3 Å². The van der Waals surface area contributed by atoms with Crippen molar-refractivity contribution >= 4 is 0 Å². The van der Waals surface area contributed by atoms with Gasteiger partial charge in [-0.15, -0.1) is 0 Å². The van der Waals surface area contributed by atoms with Crippen LogP contribution in [0.2, 0.25) is 0 Å². The summed E-state index contributed by atoms with van der Waals surface area (Å²) in [6, 6.07) is 15.3. The molecular formula is C23H23N3O3. The summed E-state index contributed by atoms with van der Waals surface area (Å²) in [5.74, 6) is 2.60. The highest BCUT2D eigenvalue weighted by molar-refractivity contribution is 5.64. The Balaban J connectivity index is 1.87. The number of ether oxygens (including phenoxy) is 3. The maximum absolute atomic E-state index is 9.46. The zero-order valence-corrected chi connectivity index (χ0v) is 17.0. The van der Waals surface area contributed by atoms with Gasteiger partial charge in [0.2, 0.25) is 0 Å². The standard InChI is InChI=1S/C23H23N3O3/c1-15(2)29-20-8-6-17(13-18(20)14-24)19-9-10-25-23(26-19)12-16-5-7-21(27-3)22(11-16)28-4/h5-11,13,15H,12H2,1-4H3. The van der Waals surface area contributed by atoms with Crippen LogP contribution in [-0.2, 0) is 6.42 Å². The van der Waals surface area contributed by atoms with Crippen LogP contribution >= 0.6 is 0 Å². The minimum atomic E-state index is 0.0000842. The number of hydrogen-bond donors (Lipinski definition) is 0. The molecule has 0 radical (unpaired) electrons. The quantitative estimate of drug-likeness (QED) is 0.596. The number of methoxy groups -OCH3 is 2. The molecule has 0 aliphatic rings. The highest BCUT2D eigenvalue weighted by Gasteiger charge is 2.11. The van der Waals surface area contributed by atoms with E-state index in [9.17, 15) is 5.26 Å². The Morgan fingerprint density at radius 2 is 1.72 bits per heavy atom. The van der Waals surface area contributed by atoms with Gasteiger partial charge in [-0.3, -0.25) is 0 Å². The molecule has 6 nitrogen and oxygen atoms in total. The number of aromatic nitrogens is 2. The van der Waals surface area contributed by atoms with E-state index in [0.29, 0.717) is 35.1 Å². The van der Waals surface area contributed by atoms with Crippen LogP contribution in [0.1, 0.15) is 30.8 Å². The Hall–Kier alpha value is -3.59. The van der Waals surface area contributed by atoms with Gasteiger partial charge < -0.3 is 14.2 Å². The second-order valence-electron chi connectivity index (χ2n) is 6.71. The fraction of sp³-hybridized carbons (Fsp3) is 0.261. The summed E-state index contributed by atoms with van der Waals surface area (Å²) >= 11 is 0. The Bertz CT molecular complexity index is 1040. The average molecular weight is 389 g/mol. The molecule has 0 saturated carbocycles. The number of benzene rings is 2. The maximum atomic E-state index is 9.46. The molecule has 2 aromatic carbocycles. The van der Waals surface area contributed by atoms with Gasteiger partial charge in [-0.05, 0) is 55.8 Å². The number of nitrogens with zero attached hydrogens (tertiary/aromatic N) is 3. The topological polar surface area (TPSA) is 77.3 Å². The molecular weight excluding hydrogens is 366 g/mol. The highest BCUT2D eigenvalue weighted by atomic mass is 16.5. The van der Waals surface area contributed by atoms with Gasteiger partial charge in [-0.1, -0.05) is 6.07 Å². The number of rotatable bonds is 7. The summed E-state index contributed by atoms with van der Waals surface area (Å²) in [7, 11) is 3.22. The van der Waals surface area contributed by atoms with Gasteiger partial charge >= 0.3 is 0 Å². The van der Waals surface area contributed by atoms with Crippen LogP contribution in [0.15, 0.2) is 48.7 Å². The van der Waals surface area contributed by atoms with Gasteiger partial charge in [0.1, 0.15) is 17.6 Å². The summed E-state index contributed by atoms with van der Waals surface area (Å²) in [6.07, 6.45) is 2.27. The van der Waals surface area contributed by atoms with E-state index in [0.717, 1.165) is 16.8 Å². The third-order valence-electron chi connectivity index (χ3n) is 4.27. The highest BCUT2D eigenvalue weighted by Crippen LogP contribution is 2.29. The van der Waals surface area contributed by atoms with Crippen molar-refractivity contribution in [2.75, 3.05) is 14.2 Å². The Morgan fingerprint density at radius 1 is 0.966 bits per heavy atom. The molecule has 0 amide bonds. The van der Waals surface area contributed by atoms with Crippen molar-refractivity contribution in [3.63, 3.8) is 0 Å². The van der Waals surface area contributed by atoms with E-state index in [4.69, 9.17) is 14.2 Å². The van der Waals surface area contributed by atoms with Crippen LogP contribution < -0.4 is 14.2 Å². The van der Waals surface area contributed by atoms with Gasteiger partial charge in [-0.25, -0.2) is 9.97 Å². The maximum Gasteiger partial charge on any atom is 0.161 e. The van der Waals surface area contributed by atoms with Crippen LogP contribution in [0.25, 0.3) is 11.3 Å². The summed E-state index contributed by atoms with van der Waals surface area (Å²) in [5, 5.41) is 9.46. The van der Waals surface area contributed by atoms with E-state index in [1.54, 1.807) is 26.5 Å². The van der Waals surface area contributed by atoms with Crippen molar-refractivity contribution < 1.29 is 14.2 Å². The molecule has 29 heavy (non-hydrogen) atoms. The molecule has 0 spiro atoms. The minimum Gasteiger partial charge on any atom is -0.493 e. The first kappa shape index (κ1) is 20.2. The van der Waals surface area contributed by atoms with E-state index in [1.165, 1.54) is 0 Å². The van der Waals surface area contributed by atoms with Gasteiger partial charge in [-0.2, -0.15) is 5.26 Å². The zero-order chi connectivity index (χ0) is 20.8. The van der Waals surface area contributed by atoms with Crippen molar-refractivity contribution in [3.8, 4) is 34.6 Å². The molecule has 0 fully saturated rings. The number of hydrogen-bond acceptors (Lipinski definition) is 6. The predicted molar refractivity (Wildman–Crippen MR) is 110 cm³/mol. The van der Waals surface area contributed by atoms with E-state index in [1.807, 2.05) is 50.2 Å². The largest absolute Gasteiger partial charge is 0.493 e. The number of nitriles is 1. The Kier molecular flexibility index (Phi) is 6.30. The fourth-order valence-electron chi connectivity index (χ4n) is 2.95. The molecule has 0 aliphatic heterocycles.